The molecule has 0 aliphatic rings. The number of phosphoric ester groups is 1. The third-order valence-corrected chi connectivity index (χ3v) is 5.56. The van der Waals surface area contributed by atoms with Crippen LogP contribution in [-0.2, 0) is 18.1 Å². The molecule has 0 radical (unpaired) electrons. The summed E-state index contributed by atoms with van der Waals surface area (Å²) < 4.78 is 28.1. The van der Waals surface area contributed by atoms with Crippen LogP contribution in [0.25, 0.3) is 0 Å². The van der Waals surface area contributed by atoms with E-state index in [4.69, 9.17) is 14.8 Å². The van der Waals surface area contributed by atoms with Crippen molar-refractivity contribution in [1.29, 1.82) is 0 Å². The maximum atomic E-state index is 12.6. The number of amides is 1. The number of primary amides is 1. The molecule has 7 heteroatoms. The number of hydrogen-bond donors (Lipinski definition) is 1. The van der Waals surface area contributed by atoms with Crippen LogP contribution in [0.3, 0.4) is 0 Å². The first-order valence-corrected chi connectivity index (χ1v) is 10.7. The van der Waals surface area contributed by atoms with Crippen LogP contribution in [0, 0.1) is 11.8 Å². The molecule has 24 heavy (non-hydrogen) atoms. The quantitative estimate of drug-likeness (QED) is 0.379. The Kier molecular flexibility index (Phi) is 13.4. The molecule has 2 N–H and O–H groups in total. The summed E-state index contributed by atoms with van der Waals surface area (Å²) in [5.41, 5.74) is 5.02. The van der Waals surface area contributed by atoms with E-state index >= 15 is 0 Å². The monoisotopic (exact) mass is 365 g/mol. The van der Waals surface area contributed by atoms with E-state index in [9.17, 15) is 9.36 Å². The maximum Gasteiger partial charge on any atom is 0.533 e. The van der Waals surface area contributed by atoms with Gasteiger partial charge in [0, 0.05) is 0 Å². The average Bonchev–Trinajstić information content (AvgIpc) is 2.54. The maximum absolute atomic E-state index is 12.6. The van der Waals surface area contributed by atoms with Gasteiger partial charge in [-0.05, 0) is 24.7 Å². The minimum atomic E-state index is -3.95. The van der Waals surface area contributed by atoms with Gasteiger partial charge in [0.2, 0.25) is 0 Å². The molecule has 0 aliphatic carbocycles. The molecule has 0 bridgehead atoms. The van der Waals surface area contributed by atoms with Crippen LogP contribution in [0.5, 0.6) is 0 Å². The third kappa shape index (κ3) is 11.1. The minimum absolute atomic E-state index is 0.243. The lowest BCUT2D eigenvalue weighted by Crippen LogP contribution is -2.18. The van der Waals surface area contributed by atoms with Crippen LogP contribution >= 0.6 is 7.82 Å². The number of phosphoric acid groups is 1. The van der Waals surface area contributed by atoms with Gasteiger partial charge in [-0.15, -0.1) is 0 Å². The van der Waals surface area contributed by atoms with Crippen molar-refractivity contribution in [3.63, 3.8) is 0 Å². The van der Waals surface area contributed by atoms with Crippen LogP contribution in [0.1, 0.15) is 79.1 Å². The van der Waals surface area contributed by atoms with Gasteiger partial charge in [-0.3, -0.25) is 9.05 Å². The van der Waals surface area contributed by atoms with Gasteiger partial charge in [-0.2, -0.15) is 0 Å². The second kappa shape index (κ2) is 13.7. The van der Waals surface area contributed by atoms with E-state index in [-0.39, 0.29) is 25.0 Å². The first-order valence-electron chi connectivity index (χ1n) is 9.28. The van der Waals surface area contributed by atoms with Gasteiger partial charge < -0.3 is 10.3 Å². The highest BCUT2D eigenvalue weighted by molar-refractivity contribution is 7.49. The average molecular weight is 365 g/mol. The second-order valence-corrected chi connectivity index (χ2v) is 7.88. The third-order valence-electron chi connectivity index (χ3n) is 4.23. The van der Waals surface area contributed by atoms with Crippen molar-refractivity contribution in [2.75, 3.05) is 13.2 Å². The molecule has 0 spiro atoms. The normalized spacial score (nSPS) is 16.3. The SMILES string of the molecule is CCCCC(CC)COP(=O)(OCC(CC)CCCC)OC(N)=O. The molecule has 0 heterocycles. The minimum Gasteiger partial charge on any atom is -0.354 e. The lowest BCUT2D eigenvalue weighted by atomic mass is 10.0. The zero-order valence-corrected chi connectivity index (χ0v) is 16.7. The first kappa shape index (κ1) is 23.4. The molecule has 0 fully saturated rings. The summed E-state index contributed by atoms with van der Waals surface area (Å²) in [5.74, 6) is 0.529. The fourth-order valence-electron chi connectivity index (χ4n) is 2.39. The molecular weight excluding hydrogens is 329 g/mol. The number of hydrogen-bond acceptors (Lipinski definition) is 5. The van der Waals surface area contributed by atoms with Crippen molar-refractivity contribution in [1.82, 2.24) is 0 Å². The Hall–Kier alpha value is -0.580. The Bertz CT molecular complexity index is 354. The molecule has 1 amide bonds. The molecule has 0 aliphatic heterocycles. The summed E-state index contributed by atoms with van der Waals surface area (Å²) in [6.07, 6.45) is 7.00. The van der Waals surface area contributed by atoms with E-state index in [0.29, 0.717) is 0 Å². The van der Waals surface area contributed by atoms with Crippen molar-refractivity contribution in [3.8, 4) is 0 Å². The first-order chi connectivity index (χ1) is 11.4. The van der Waals surface area contributed by atoms with E-state index < -0.39 is 13.9 Å². The van der Waals surface area contributed by atoms with Gasteiger partial charge in [-0.25, -0.2) is 9.36 Å². The van der Waals surface area contributed by atoms with E-state index in [0.717, 1.165) is 51.4 Å². The largest absolute Gasteiger partial charge is 0.533 e. The van der Waals surface area contributed by atoms with Crippen LogP contribution < -0.4 is 5.73 Å². The lowest BCUT2D eigenvalue weighted by molar-refractivity contribution is 0.0992. The molecular formula is C17H36NO5P. The van der Waals surface area contributed by atoms with Crippen molar-refractivity contribution < 1.29 is 22.9 Å². The smallest absolute Gasteiger partial charge is 0.354 e. The van der Waals surface area contributed by atoms with E-state index in [1.807, 2.05) is 0 Å². The molecule has 144 valence electrons. The number of carbonyl (C=O) groups excluding carboxylic acids is 1. The number of nitrogens with two attached hydrogens (primary N) is 1. The number of carbonyl (C=O) groups is 1. The van der Waals surface area contributed by atoms with Crippen molar-refractivity contribution >= 4 is 13.9 Å². The zero-order chi connectivity index (χ0) is 18.4. The summed E-state index contributed by atoms with van der Waals surface area (Å²) in [6, 6.07) is 0. The van der Waals surface area contributed by atoms with Gasteiger partial charge >= 0.3 is 13.9 Å². The summed E-state index contributed by atoms with van der Waals surface area (Å²) in [6.45, 7) is 8.85. The van der Waals surface area contributed by atoms with E-state index in [1.165, 1.54) is 0 Å². The van der Waals surface area contributed by atoms with Gasteiger partial charge in [0.15, 0.2) is 0 Å². The summed E-state index contributed by atoms with van der Waals surface area (Å²) in [4.78, 5) is 11.1. The van der Waals surface area contributed by atoms with Crippen molar-refractivity contribution in [3.05, 3.63) is 0 Å². The zero-order valence-electron chi connectivity index (χ0n) is 15.8. The Morgan fingerprint density at radius 2 is 1.33 bits per heavy atom. The lowest BCUT2D eigenvalue weighted by Gasteiger charge is -2.22. The topological polar surface area (TPSA) is 87.8 Å². The van der Waals surface area contributed by atoms with Crippen molar-refractivity contribution in [2.45, 2.75) is 79.1 Å². The second-order valence-electron chi connectivity index (χ2n) is 6.28. The van der Waals surface area contributed by atoms with Gasteiger partial charge in [0.05, 0.1) is 13.2 Å². The number of rotatable bonds is 15. The van der Waals surface area contributed by atoms with Gasteiger partial charge in [0.25, 0.3) is 0 Å². The highest BCUT2D eigenvalue weighted by Gasteiger charge is 2.32. The van der Waals surface area contributed by atoms with Crippen LogP contribution in [0.4, 0.5) is 4.79 Å². The van der Waals surface area contributed by atoms with Crippen LogP contribution in [0.2, 0.25) is 0 Å². The van der Waals surface area contributed by atoms with Gasteiger partial charge in [-0.1, -0.05) is 66.2 Å². The van der Waals surface area contributed by atoms with Crippen LogP contribution in [-0.4, -0.2) is 19.3 Å². The Labute approximate surface area is 147 Å². The predicted octanol–water partition coefficient (Wildman–Crippen LogP) is 5.66. The fraction of sp³-hybridized carbons (Fsp3) is 0.941. The molecule has 0 saturated carbocycles. The highest BCUT2D eigenvalue weighted by Crippen LogP contribution is 2.50. The molecule has 0 saturated heterocycles. The summed E-state index contributed by atoms with van der Waals surface area (Å²) in [5, 5.41) is 0. The Morgan fingerprint density at radius 3 is 1.62 bits per heavy atom. The predicted molar refractivity (Wildman–Crippen MR) is 96.8 cm³/mol. The summed E-state index contributed by atoms with van der Waals surface area (Å²) >= 11 is 0. The fourth-order valence-corrected chi connectivity index (χ4v) is 3.58. The van der Waals surface area contributed by atoms with Crippen molar-refractivity contribution in [2.24, 2.45) is 17.6 Å². The molecule has 2 unspecified atom stereocenters. The van der Waals surface area contributed by atoms with E-state index in [2.05, 4.69) is 32.2 Å². The number of unbranched alkanes of at least 4 members (excludes halogenated alkanes) is 2. The molecule has 6 nitrogen and oxygen atoms in total. The Morgan fingerprint density at radius 1 is 0.917 bits per heavy atom. The molecule has 2 atom stereocenters. The molecule has 0 aromatic rings. The standard InChI is InChI=1S/C17H36NO5P/c1-5-9-11-15(7-3)13-21-24(20,23-17(18)19)22-14-16(8-4)12-10-6-2/h15-16H,5-14H2,1-4H3,(H2,18,19). The highest BCUT2D eigenvalue weighted by atomic mass is 31.2. The van der Waals surface area contributed by atoms with Gasteiger partial charge in [0.1, 0.15) is 0 Å². The van der Waals surface area contributed by atoms with E-state index in [1.54, 1.807) is 0 Å². The molecule has 0 aromatic carbocycles. The Balaban J connectivity index is 4.63. The van der Waals surface area contributed by atoms with Crippen LogP contribution in [0.15, 0.2) is 0 Å². The molecule has 0 rings (SSSR count). The summed E-state index contributed by atoms with van der Waals surface area (Å²) in [7, 11) is -3.95. The molecule has 0 aromatic heterocycles.